The van der Waals surface area contributed by atoms with Gasteiger partial charge in [-0.1, -0.05) is 57.6 Å². The van der Waals surface area contributed by atoms with E-state index >= 15 is 0 Å². The molecule has 0 amide bonds. The summed E-state index contributed by atoms with van der Waals surface area (Å²) < 4.78 is 0. The third-order valence-corrected chi connectivity index (χ3v) is 4.79. The largest absolute Gasteiger partial charge is 0.508 e. The van der Waals surface area contributed by atoms with Gasteiger partial charge >= 0.3 is 0 Å². The van der Waals surface area contributed by atoms with Gasteiger partial charge in [0.25, 0.3) is 0 Å². The third kappa shape index (κ3) is 7.51. The quantitative estimate of drug-likeness (QED) is 0.663. The molecule has 1 aliphatic rings. The highest BCUT2D eigenvalue weighted by Gasteiger charge is 2.14. The summed E-state index contributed by atoms with van der Waals surface area (Å²) in [6, 6.07) is 7.57. The van der Waals surface area contributed by atoms with Crippen LogP contribution in [0.2, 0.25) is 0 Å². The summed E-state index contributed by atoms with van der Waals surface area (Å²) >= 11 is 0. The Labute approximate surface area is 142 Å². The van der Waals surface area contributed by atoms with Crippen LogP contribution in [0.1, 0.15) is 57.4 Å². The summed E-state index contributed by atoms with van der Waals surface area (Å²) in [4.78, 5) is 0. The minimum atomic E-state index is 0. The van der Waals surface area contributed by atoms with E-state index in [4.69, 9.17) is 0 Å². The van der Waals surface area contributed by atoms with Crippen LogP contribution in [0.5, 0.6) is 5.75 Å². The molecule has 0 aromatic heterocycles. The van der Waals surface area contributed by atoms with Gasteiger partial charge in [-0.15, -0.1) is 12.4 Å². The van der Waals surface area contributed by atoms with Gasteiger partial charge in [0.15, 0.2) is 0 Å². The lowest BCUT2D eigenvalue weighted by Gasteiger charge is -2.23. The van der Waals surface area contributed by atoms with E-state index in [0.29, 0.717) is 5.75 Å². The molecule has 3 heteroatoms. The predicted molar refractivity (Wildman–Crippen MR) is 96.9 cm³/mol. The van der Waals surface area contributed by atoms with Crippen LogP contribution in [0.3, 0.4) is 0 Å². The molecule has 0 aliphatic heterocycles. The molecule has 126 valence electrons. The fraction of sp³-hybridized carbons (Fsp3) is 0.684. The summed E-state index contributed by atoms with van der Waals surface area (Å²) in [5.41, 5.74) is 1.21. The number of phenolic OH excluding ortho intramolecular Hbond substituents is 1. The number of hydrogen-bond donors (Lipinski definition) is 2. The molecule has 0 spiro atoms. The number of phenols is 1. The van der Waals surface area contributed by atoms with Gasteiger partial charge in [0.05, 0.1) is 0 Å². The van der Waals surface area contributed by atoms with Gasteiger partial charge in [-0.25, -0.2) is 0 Å². The first-order valence-electron chi connectivity index (χ1n) is 8.72. The highest BCUT2D eigenvalue weighted by atomic mass is 35.5. The molecule has 0 bridgehead atoms. The lowest BCUT2D eigenvalue weighted by atomic mass is 9.84. The highest BCUT2D eigenvalue weighted by Crippen LogP contribution is 2.28. The van der Waals surface area contributed by atoms with Crippen LogP contribution in [0.4, 0.5) is 0 Å². The zero-order valence-electron chi connectivity index (χ0n) is 13.9. The maximum atomic E-state index is 9.43. The predicted octanol–water partition coefficient (Wildman–Crippen LogP) is 4.94. The average molecular weight is 326 g/mol. The SMILES string of the molecule is CC(CCC1CCCCC1)CNCCc1cccc(O)c1.Cl. The number of nitrogens with one attached hydrogen (secondary N) is 1. The van der Waals surface area contributed by atoms with Crippen LogP contribution in [-0.4, -0.2) is 18.2 Å². The van der Waals surface area contributed by atoms with Crippen molar-refractivity contribution in [3.8, 4) is 5.75 Å². The first-order chi connectivity index (χ1) is 10.2. The molecule has 1 aliphatic carbocycles. The van der Waals surface area contributed by atoms with Crippen molar-refractivity contribution in [2.24, 2.45) is 11.8 Å². The van der Waals surface area contributed by atoms with Crippen LogP contribution in [0.25, 0.3) is 0 Å². The molecule has 22 heavy (non-hydrogen) atoms. The van der Waals surface area contributed by atoms with Crippen LogP contribution >= 0.6 is 12.4 Å². The zero-order chi connectivity index (χ0) is 14.9. The number of benzene rings is 1. The van der Waals surface area contributed by atoms with E-state index in [1.165, 1.54) is 50.5 Å². The maximum absolute atomic E-state index is 9.43. The monoisotopic (exact) mass is 325 g/mol. The Bertz CT molecular complexity index is 404. The summed E-state index contributed by atoms with van der Waals surface area (Å²) in [6.45, 7) is 4.48. The normalized spacial score (nSPS) is 17.0. The topological polar surface area (TPSA) is 32.3 Å². The molecule has 1 atom stereocenters. The van der Waals surface area contributed by atoms with Gasteiger partial charge < -0.3 is 10.4 Å². The minimum absolute atomic E-state index is 0. The zero-order valence-corrected chi connectivity index (χ0v) is 14.7. The van der Waals surface area contributed by atoms with Crippen LogP contribution in [-0.2, 0) is 6.42 Å². The Morgan fingerprint density at radius 3 is 2.73 bits per heavy atom. The molecular formula is C19H32ClNO. The van der Waals surface area contributed by atoms with Gasteiger partial charge in [0, 0.05) is 0 Å². The minimum Gasteiger partial charge on any atom is -0.508 e. The lowest BCUT2D eigenvalue weighted by molar-refractivity contribution is 0.310. The molecule has 1 aromatic carbocycles. The van der Waals surface area contributed by atoms with Crippen molar-refractivity contribution in [1.82, 2.24) is 5.32 Å². The van der Waals surface area contributed by atoms with Crippen LogP contribution < -0.4 is 5.32 Å². The van der Waals surface area contributed by atoms with Crippen molar-refractivity contribution in [3.05, 3.63) is 29.8 Å². The fourth-order valence-electron chi connectivity index (χ4n) is 3.39. The smallest absolute Gasteiger partial charge is 0.115 e. The summed E-state index contributed by atoms with van der Waals surface area (Å²) in [5, 5.41) is 13.0. The number of hydrogen-bond acceptors (Lipinski definition) is 2. The van der Waals surface area contributed by atoms with Gasteiger partial charge in [-0.05, 0) is 55.5 Å². The van der Waals surface area contributed by atoms with Gasteiger partial charge in [-0.3, -0.25) is 0 Å². The molecular weight excluding hydrogens is 294 g/mol. The van der Waals surface area contributed by atoms with E-state index in [-0.39, 0.29) is 12.4 Å². The van der Waals surface area contributed by atoms with Crippen molar-refractivity contribution in [3.63, 3.8) is 0 Å². The first kappa shape index (κ1) is 19.3. The molecule has 2 N–H and O–H groups in total. The first-order valence-corrected chi connectivity index (χ1v) is 8.72. The molecule has 0 heterocycles. The molecule has 0 saturated heterocycles. The molecule has 1 unspecified atom stereocenters. The second-order valence-electron chi connectivity index (χ2n) is 6.81. The van der Waals surface area contributed by atoms with Crippen molar-refractivity contribution < 1.29 is 5.11 Å². The van der Waals surface area contributed by atoms with E-state index in [0.717, 1.165) is 31.3 Å². The van der Waals surface area contributed by atoms with Crippen molar-refractivity contribution in [2.75, 3.05) is 13.1 Å². The molecule has 1 aromatic rings. The standard InChI is InChI=1S/C19H31NO.ClH/c1-16(10-11-17-6-3-2-4-7-17)15-20-13-12-18-8-5-9-19(21)14-18;/h5,8-9,14,16-17,20-21H,2-4,6-7,10-13,15H2,1H3;1H. The van der Waals surface area contributed by atoms with E-state index in [9.17, 15) is 5.11 Å². The molecule has 2 nitrogen and oxygen atoms in total. The summed E-state index contributed by atoms with van der Waals surface area (Å²) in [5.74, 6) is 2.15. The molecule has 2 rings (SSSR count). The van der Waals surface area contributed by atoms with Crippen LogP contribution in [0, 0.1) is 11.8 Å². The Morgan fingerprint density at radius 1 is 1.23 bits per heavy atom. The van der Waals surface area contributed by atoms with E-state index in [2.05, 4.69) is 18.3 Å². The van der Waals surface area contributed by atoms with E-state index in [1.807, 2.05) is 12.1 Å². The third-order valence-electron chi connectivity index (χ3n) is 4.79. The van der Waals surface area contributed by atoms with Gasteiger partial charge in [-0.2, -0.15) is 0 Å². The molecule has 1 fully saturated rings. The average Bonchev–Trinajstić information content (AvgIpc) is 2.51. The Hall–Kier alpha value is -0.730. The maximum Gasteiger partial charge on any atom is 0.115 e. The highest BCUT2D eigenvalue weighted by molar-refractivity contribution is 5.85. The number of aromatic hydroxyl groups is 1. The Kier molecular flexibility index (Phi) is 9.58. The van der Waals surface area contributed by atoms with Gasteiger partial charge in [0.2, 0.25) is 0 Å². The van der Waals surface area contributed by atoms with Crippen molar-refractivity contribution in [1.29, 1.82) is 0 Å². The van der Waals surface area contributed by atoms with Crippen molar-refractivity contribution >= 4 is 12.4 Å². The lowest BCUT2D eigenvalue weighted by Crippen LogP contribution is -2.24. The summed E-state index contributed by atoms with van der Waals surface area (Å²) in [6.07, 6.45) is 11.1. The summed E-state index contributed by atoms with van der Waals surface area (Å²) in [7, 11) is 0. The van der Waals surface area contributed by atoms with Crippen molar-refractivity contribution in [2.45, 2.75) is 58.3 Å². The molecule has 1 saturated carbocycles. The number of halogens is 1. The molecule has 0 radical (unpaired) electrons. The van der Waals surface area contributed by atoms with E-state index < -0.39 is 0 Å². The fourth-order valence-corrected chi connectivity index (χ4v) is 3.39. The Balaban J connectivity index is 0.00000242. The van der Waals surface area contributed by atoms with E-state index in [1.54, 1.807) is 6.07 Å². The van der Waals surface area contributed by atoms with Gasteiger partial charge in [0.1, 0.15) is 5.75 Å². The second-order valence-corrected chi connectivity index (χ2v) is 6.81. The Morgan fingerprint density at radius 2 is 2.00 bits per heavy atom. The van der Waals surface area contributed by atoms with Crippen LogP contribution in [0.15, 0.2) is 24.3 Å². The number of rotatable bonds is 8. The second kappa shape index (κ2) is 10.9.